The second-order valence-corrected chi connectivity index (χ2v) is 4.14. The van der Waals surface area contributed by atoms with E-state index in [1.165, 1.54) is 13.2 Å². The van der Waals surface area contributed by atoms with Gasteiger partial charge in [-0.3, -0.25) is 0 Å². The summed E-state index contributed by atoms with van der Waals surface area (Å²) in [5.74, 6) is -0.0451. The van der Waals surface area contributed by atoms with Gasteiger partial charge >= 0.3 is 0 Å². The minimum Gasteiger partial charge on any atom is -0.494 e. The van der Waals surface area contributed by atoms with E-state index in [9.17, 15) is 4.39 Å². The Morgan fingerprint density at radius 1 is 1.47 bits per heavy atom. The summed E-state index contributed by atoms with van der Waals surface area (Å²) in [5, 5.41) is 0. The zero-order chi connectivity index (χ0) is 13.0. The van der Waals surface area contributed by atoms with E-state index in [4.69, 9.17) is 4.74 Å². The monoisotopic (exact) mass is 234 g/mol. The average Bonchev–Trinajstić information content (AvgIpc) is 2.28. The van der Waals surface area contributed by atoms with Crippen LogP contribution in [-0.4, -0.2) is 7.11 Å². The van der Waals surface area contributed by atoms with Crippen LogP contribution >= 0.6 is 0 Å². The summed E-state index contributed by atoms with van der Waals surface area (Å²) >= 11 is 0. The quantitative estimate of drug-likeness (QED) is 0.696. The van der Waals surface area contributed by atoms with Crippen molar-refractivity contribution in [2.45, 2.75) is 27.2 Å². The van der Waals surface area contributed by atoms with Gasteiger partial charge in [0.05, 0.1) is 7.11 Å². The molecule has 2 heteroatoms. The Bertz CT molecular complexity index is 458. The van der Waals surface area contributed by atoms with Crippen LogP contribution in [-0.2, 0) is 0 Å². The maximum Gasteiger partial charge on any atom is 0.165 e. The molecular weight excluding hydrogens is 215 g/mol. The number of benzene rings is 1. The predicted molar refractivity (Wildman–Crippen MR) is 70.8 cm³/mol. The lowest BCUT2D eigenvalue weighted by Gasteiger charge is -2.10. The van der Waals surface area contributed by atoms with Crippen molar-refractivity contribution < 1.29 is 9.13 Å². The van der Waals surface area contributed by atoms with Crippen LogP contribution < -0.4 is 4.74 Å². The summed E-state index contributed by atoms with van der Waals surface area (Å²) in [6.07, 6.45) is 2.94. The van der Waals surface area contributed by atoms with Crippen LogP contribution in [0, 0.1) is 12.7 Å². The van der Waals surface area contributed by atoms with E-state index in [0.717, 1.165) is 28.7 Å². The molecule has 0 spiro atoms. The van der Waals surface area contributed by atoms with Gasteiger partial charge in [-0.25, -0.2) is 4.39 Å². The first-order valence-corrected chi connectivity index (χ1v) is 5.70. The van der Waals surface area contributed by atoms with Gasteiger partial charge in [0.2, 0.25) is 0 Å². The Morgan fingerprint density at radius 2 is 2.12 bits per heavy atom. The normalized spacial score (nSPS) is 11.5. The maximum absolute atomic E-state index is 13.5. The fourth-order valence-corrected chi connectivity index (χ4v) is 1.72. The number of rotatable bonds is 4. The lowest BCUT2D eigenvalue weighted by Crippen LogP contribution is -1.94. The van der Waals surface area contributed by atoms with Crippen LogP contribution in [0.5, 0.6) is 5.75 Å². The molecule has 1 aromatic carbocycles. The van der Waals surface area contributed by atoms with Crippen molar-refractivity contribution in [2.75, 3.05) is 7.11 Å². The molecule has 0 saturated heterocycles. The van der Waals surface area contributed by atoms with Crippen molar-refractivity contribution >= 4 is 5.57 Å². The molecule has 1 rings (SSSR count). The highest BCUT2D eigenvalue weighted by Gasteiger charge is 2.08. The summed E-state index contributed by atoms with van der Waals surface area (Å²) in [5.41, 5.74) is 4.04. The van der Waals surface area contributed by atoms with Gasteiger partial charge in [-0.15, -0.1) is 0 Å². The molecule has 0 unspecified atom stereocenters. The number of methoxy groups -OCH3 is 1. The van der Waals surface area contributed by atoms with Gasteiger partial charge in [0.1, 0.15) is 0 Å². The number of hydrogen-bond acceptors (Lipinski definition) is 1. The Balaban J connectivity index is 3.22. The van der Waals surface area contributed by atoms with Crippen molar-refractivity contribution in [3.05, 3.63) is 47.3 Å². The first-order valence-electron chi connectivity index (χ1n) is 5.70. The summed E-state index contributed by atoms with van der Waals surface area (Å²) in [4.78, 5) is 0. The maximum atomic E-state index is 13.5. The molecule has 0 bridgehead atoms. The van der Waals surface area contributed by atoms with E-state index in [1.54, 1.807) is 6.07 Å². The topological polar surface area (TPSA) is 9.23 Å². The molecule has 0 N–H and O–H groups in total. The zero-order valence-electron chi connectivity index (χ0n) is 10.9. The molecule has 0 aliphatic carbocycles. The highest BCUT2D eigenvalue weighted by molar-refractivity contribution is 5.70. The number of halogens is 1. The van der Waals surface area contributed by atoms with Gasteiger partial charge in [-0.05, 0) is 49.1 Å². The molecule has 0 radical (unpaired) electrons. The Hall–Kier alpha value is -1.57. The van der Waals surface area contributed by atoms with Crippen LogP contribution in [0.15, 0.2) is 30.4 Å². The van der Waals surface area contributed by atoms with Crippen molar-refractivity contribution in [3.8, 4) is 5.75 Å². The van der Waals surface area contributed by atoms with Crippen LogP contribution in [0.25, 0.3) is 5.57 Å². The Labute approximate surface area is 103 Å². The molecule has 0 saturated carbocycles. The fourth-order valence-electron chi connectivity index (χ4n) is 1.72. The fraction of sp³-hybridized carbons (Fsp3) is 0.333. The molecule has 0 heterocycles. The van der Waals surface area contributed by atoms with E-state index in [-0.39, 0.29) is 11.6 Å². The molecule has 17 heavy (non-hydrogen) atoms. The molecule has 0 fully saturated rings. The van der Waals surface area contributed by atoms with Gasteiger partial charge in [0.25, 0.3) is 0 Å². The van der Waals surface area contributed by atoms with Gasteiger partial charge in [-0.2, -0.15) is 0 Å². The van der Waals surface area contributed by atoms with Crippen molar-refractivity contribution in [2.24, 2.45) is 0 Å². The average molecular weight is 234 g/mol. The van der Waals surface area contributed by atoms with Crippen LogP contribution in [0.2, 0.25) is 0 Å². The zero-order valence-corrected chi connectivity index (χ0v) is 10.9. The molecular formula is C15H19FO. The van der Waals surface area contributed by atoms with Crippen molar-refractivity contribution in [3.63, 3.8) is 0 Å². The highest BCUT2D eigenvalue weighted by atomic mass is 19.1. The van der Waals surface area contributed by atoms with Crippen molar-refractivity contribution in [1.82, 2.24) is 0 Å². The molecule has 0 amide bonds. The molecule has 0 aliphatic heterocycles. The molecule has 1 nitrogen and oxygen atoms in total. The standard InChI is InChI=1S/C15H19FO/c1-6-10(2)7-11(3)13-9-15(17-5)14(16)8-12(13)4/h7-9H,2,6H2,1,3-5H3/b11-7+. The number of hydrogen-bond donors (Lipinski definition) is 0. The van der Waals surface area contributed by atoms with E-state index < -0.39 is 0 Å². The number of aryl methyl sites for hydroxylation is 1. The molecule has 0 atom stereocenters. The minimum absolute atomic E-state index is 0.278. The Morgan fingerprint density at radius 3 is 2.65 bits per heavy atom. The number of allylic oxidation sites excluding steroid dienone is 3. The van der Waals surface area contributed by atoms with E-state index >= 15 is 0 Å². The largest absolute Gasteiger partial charge is 0.494 e. The van der Waals surface area contributed by atoms with E-state index in [2.05, 4.69) is 13.5 Å². The predicted octanol–water partition coefficient (Wildman–Crippen LogP) is 4.51. The third-order valence-corrected chi connectivity index (χ3v) is 2.80. The SMILES string of the molecule is C=C(/C=C(\C)c1cc(OC)c(F)cc1C)CC. The smallest absolute Gasteiger partial charge is 0.165 e. The second-order valence-electron chi connectivity index (χ2n) is 4.14. The van der Waals surface area contributed by atoms with Crippen molar-refractivity contribution in [1.29, 1.82) is 0 Å². The first-order chi connectivity index (χ1) is 7.99. The third-order valence-electron chi connectivity index (χ3n) is 2.80. The highest BCUT2D eigenvalue weighted by Crippen LogP contribution is 2.27. The number of ether oxygens (including phenoxy) is 1. The van der Waals surface area contributed by atoms with Gasteiger partial charge in [0, 0.05) is 0 Å². The third kappa shape index (κ3) is 3.19. The van der Waals surface area contributed by atoms with Crippen LogP contribution in [0.4, 0.5) is 4.39 Å². The van der Waals surface area contributed by atoms with E-state index in [0.29, 0.717) is 0 Å². The van der Waals surface area contributed by atoms with Crippen LogP contribution in [0.3, 0.4) is 0 Å². The van der Waals surface area contributed by atoms with E-state index in [1.807, 2.05) is 19.9 Å². The van der Waals surface area contributed by atoms with Gasteiger partial charge < -0.3 is 4.74 Å². The first kappa shape index (κ1) is 13.5. The summed E-state index contributed by atoms with van der Waals surface area (Å²) < 4.78 is 18.5. The molecule has 0 aromatic heterocycles. The van der Waals surface area contributed by atoms with Gasteiger partial charge in [0.15, 0.2) is 11.6 Å². The van der Waals surface area contributed by atoms with Crippen LogP contribution in [0.1, 0.15) is 31.4 Å². The summed E-state index contributed by atoms with van der Waals surface area (Å²) in [7, 11) is 1.47. The second kappa shape index (κ2) is 5.67. The molecule has 92 valence electrons. The van der Waals surface area contributed by atoms with Gasteiger partial charge in [-0.1, -0.05) is 25.2 Å². The Kier molecular flexibility index (Phi) is 4.50. The lowest BCUT2D eigenvalue weighted by atomic mass is 9.99. The lowest BCUT2D eigenvalue weighted by molar-refractivity contribution is 0.386. The molecule has 1 aromatic rings. The molecule has 0 aliphatic rings. The minimum atomic E-state index is -0.323. The summed E-state index contributed by atoms with van der Waals surface area (Å²) in [6, 6.07) is 3.24. The summed E-state index contributed by atoms with van der Waals surface area (Å²) in [6.45, 7) is 9.90.